The molecule has 0 radical (unpaired) electrons. The lowest BCUT2D eigenvalue weighted by Crippen LogP contribution is -1.84. The van der Waals surface area contributed by atoms with E-state index in [4.69, 9.17) is 0 Å². The predicted octanol–water partition coefficient (Wildman–Crippen LogP) is 23.2. The van der Waals surface area contributed by atoms with E-state index in [1.165, 1.54) is 347 Å². The smallest absolute Gasteiger partial charge is 0.0351 e. The van der Waals surface area contributed by atoms with Crippen molar-refractivity contribution in [3.63, 3.8) is 0 Å². The first-order valence-corrected chi connectivity index (χ1v) is 29.2. The minimum atomic E-state index is 1.32. The van der Waals surface area contributed by atoms with Crippen molar-refractivity contribution in [3.8, 4) is 0 Å². The summed E-state index contributed by atoms with van der Waals surface area (Å²) >= 11 is 0. The predicted molar refractivity (Wildman–Crippen MR) is 279 cm³/mol. The van der Waals surface area contributed by atoms with Crippen LogP contribution in [0.5, 0.6) is 0 Å². The van der Waals surface area contributed by atoms with Gasteiger partial charge in [-0.05, 0) is 51.4 Å². The van der Waals surface area contributed by atoms with Gasteiger partial charge < -0.3 is 0 Å². The van der Waals surface area contributed by atoms with Crippen molar-refractivity contribution in [3.05, 3.63) is 24.3 Å². The minimum Gasteiger partial charge on any atom is -0.0885 e. The summed E-state index contributed by atoms with van der Waals surface area (Å²) in [6.45, 7) is 4.62. The van der Waals surface area contributed by atoms with Crippen molar-refractivity contribution in [2.75, 3.05) is 0 Å². The zero-order valence-corrected chi connectivity index (χ0v) is 42.5. The van der Waals surface area contributed by atoms with E-state index in [1.807, 2.05) is 0 Å². The van der Waals surface area contributed by atoms with Crippen LogP contribution in [0.25, 0.3) is 0 Å². The number of hydrogen-bond acceptors (Lipinski definition) is 0. The topological polar surface area (TPSA) is 0 Å². The third-order valence-corrected chi connectivity index (χ3v) is 13.8. The number of rotatable bonds is 55. The lowest BCUT2D eigenvalue weighted by molar-refractivity contribution is 0.522. The molecule has 0 aromatic rings. The zero-order chi connectivity index (χ0) is 43.0. The van der Waals surface area contributed by atoms with Crippen molar-refractivity contribution in [1.82, 2.24) is 0 Å². The summed E-state index contributed by atoms with van der Waals surface area (Å²) in [6, 6.07) is 0. The van der Waals surface area contributed by atoms with Crippen LogP contribution >= 0.6 is 0 Å². The minimum absolute atomic E-state index is 1.32. The lowest BCUT2D eigenvalue weighted by atomic mass is 10.0. The molecule has 358 valence electrons. The summed E-state index contributed by atoms with van der Waals surface area (Å²) < 4.78 is 0. The van der Waals surface area contributed by atoms with Gasteiger partial charge in [0.2, 0.25) is 0 Å². The van der Waals surface area contributed by atoms with Gasteiger partial charge in [0.05, 0.1) is 0 Å². The second-order valence-corrected chi connectivity index (χ2v) is 20.1. The van der Waals surface area contributed by atoms with Crippen molar-refractivity contribution in [2.45, 2.75) is 361 Å². The maximum atomic E-state index is 2.48. The molecular weight excluding hydrogens is 721 g/mol. The summed E-state index contributed by atoms with van der Waals surface area (Å²) in [4.78, 5) is 0. The first-order chi connectivity index (χ1) is 29.9. The zero-order valence-electron chi connectivity index (χ0n) is 42.5. The molecule has 0 nitrogen and oxygen atoms in total. The Labute approximate surface area is 383 Å². The highest BCUT2D eigenvalue weighted by Gasteiger charge is 1.98. The second kappa shape index (κ2) is 58.5. The van der Waals surface area contributed by atoms with E-state index in [0.717, 1.165) is 0 Å². The molecule has 0 aliphatic heterocycles. The molecule has 0 aliphatic rings. The van der Waals surface area contributed by atoms with Crippen LogP contribution in [-0.2, 0) is 0 Å². The van der Waals surface area contributed by atoms with Crippen molar-refractivity contribution >= 4 is 0 Å². The SMILES string of the molecule is CCCCCCCCCCCCCCCCCC=CCCCCCCCCCCCCCCCCCCCCCC=CCCCCCCCCCCCCCCCCCC. The van der Waals surface area contributed by atoms with E-state index < -0.39 is 0 Å². The maximum Gasteiger partial charge on any atom is -0.0351 e. The molecule has 0 fully saturated rings. The molecule has 0 spiro atoms. The molecule has 0 N–H and O–H groups in total. The molecule has 0 heterocycles. The third kappa shape index (κ3) is 57.5. The van der Waals surface area contributed by atoms with Crippen LogP contribution in [-0.4, -0.2) is 0 Å². The number of allylic oxidation sites excluding steroid dienone is 4. The summed E-state index contributed by atoms with van der Waals surface area (Å²) in [7, 11) is 0. The van der Waals surface area contributed by atoms with Crippen LogP contribution in [0.15, 0.2) is 24.3 Å². The van der Waals surface area contributed by atoms with Crippen molar-refractivity contribution in [2.24, 2.45) is 0 Å². The average Bonchev–Trinajstić information content (AvgIpc) is 3.26. The maximum absolute atomic E-state index is 2.48. The van der Waals surface area contributed by atoms with E-state index in [0.29, 0.717) is 0 Å². The Kier molecular flexibility index (Phi) is 58.0. The van der Waals surface area contributed by atoms with Gasteiger partial charge in [-0.1, -0.05) is 334 Å². The fourth-order valence-electron chi connectivity index (χ4n) is 9.44. The monoisotopic (exact) mass is 839 g/mol. The van der Waals surface area contributed by atoms with Gasteiger partial charge in [0.1, 0.15) is 0 Å². The van der Waals surface area contributed by atoms with E-state index in [-0.39, 0.29) is 0 Å². The quantitative estimate of drug-likeness (QED) is 0.0423. The second-order valence-electron chi connectivity index (χ2n) is 20.1. The Hall–Kier alpha value is -0.520. The van der Waals surface area contributed by atoms with Crippen molar-refractivity contribution in [1.29, 1.82) is 0 Å². The molecule has 0 aliphatic carbocycles. The largest absolute Gasteiger partial charge is 0.0885 e. The van der Waals surface area contributed by atoms with Crippen LogP contribution in [0.4, 0.5) is 0 Å². The molecule has 0 amide bonds. The molecule has 0 aromatic heterocycles. The first kappa shape index (κ1) is 59.5. The van der Waals surface area contributed by atoms with Gasteiger partial charge in [0.25, 0.3) is 0 Å². The number of unbranched alkanes of at least 4 members (excludes halogenated alkanes) is 51. The highest BCUT2D eigenvalue weighted by molar-refractivity contribution is 4.82. The molecule has 60 heavy (non-hydrogen) atoms. The molecule has 0 aromatic carbocycles. The molecule has 0 heteroatoms. The molecule has 0 unspecified atom stereocenters. The fraction of sp³-hybridized carbons (Fsp3) is 0.933. The lowest BCUT2D eigenvalue weighted by Gasteiger charge is -2.04. The van der Waals surface area contributed by atoms with Crippen LogP contribution in [0.3, 0.4) is 0 Å². The van der Waals surface area contributed by atoms with Gasteiger partial charge >= 0.3 is 0 Å². The number of hydrogen-bond donors (Lipinski definition) is 0. The fourth-order valence-corrected chi connectivity index (χ4v) is 9.44. The van der Waals surface area contributed by atoms with E-state index in [9.17, 15) is 0 Å². The third-order valence-electron chi connectivity index (χ3n) is 13.8. The molecule has 0 bridgehead atoms. The summed E-state index contributed by atoms with van der Waals surface area (Å²) in [6.07, 6.45) is 88.4. The summed E-state index contributed by atoms with van der Waals surface area (Å²) in [5.41, 5.74) is 0. The molecule has 0 atom stereocenters. The Morgan fingerprint density at radius 3 is 0.350 bits per heavy atom. The highest BCUT2D eigenvalue weighted by Crippen LogP contribution is 2.18. The van der Waals surface area contributed by atoms with Gasteiger partial charge in [-0.2, -0.15) is 0 Å². The van der Waals surface area contributed by atoms with Gasteiger partial charge in [-0.15, -0.1) is 0 Å². The van der Waals surface area contributed by atoms with Gasteiger partial charge in [0, 0.05) is 0 Å². The molecule has 0 rings (SSSR count). The van der Waals surface area contributed by atoms with Crippen LogP contribution < -0.4 is 0 Å². The molecule has 0 saturated heterocycles. The van der Waals surface area contributed by atoms with E-state index >= 15 is 0 Å². The van der Waals surface area contributed by atoms with Gasteiger partial charge in [0.15, 0.2) is 0 Å². The van der Waals surface area contributed by atoms with Crippen LogP contribution in [0, 0.1) is 0 Å². The highest BCUT2D eigenvalue weighted by atomic mass is 14.0. The van der Waals surface area contributed by atoms with E-state index in [1.54, 1.807) is 0 Å². The van der Waals surface area contributed by atoms with Gasteiger partial charge in [-0.25, -0.2) is 0 Å². The Bertz CT molecular complexity index is 760. The van der Waals surface area contributed by atoms with Crippen molar-refractivity contribution < 1.29 is 0 Å². The summed E-state index contributed by atoms with van der Waals surface area (Å²) in [5.74, 6) is 0. The Morgan fingerprint density at radius 2 is 0.233 bits per heavy atom. The normalized spacial score (nSPS) is 12.0. The Morgan fingerprint density at radius 1 is 0.133 bits per heavy atom. The summed E-state index contributed by atoms with van der Waals surface area (Å²) in [5, 5.41) is 0. The molecular formula is C60H118. The van der Waals surface area contributed by atoms with Crippen LogP contribution in [0.2, 0.25) is 0 Å². The Balaban J connectivity index is 3.12. The van der Waals surface area contributed by atoms with Crippen LogP contribution in [0.1, 0.15) is 361 Å². The van der Waals surface area contributed by atoms with E-state index in [2.05, 4.69) is 38.2 Å². The average molecular weight is 840 g/mol. The van der Waals surface area contributed by atoms with Gasteiger partial charge in [-0.3, -0.25) is 0 Å². The first-order valence-electron chi connectivity index (χ1n) is 29.2. The molecule has 0 saturated carbocycles. The standard InChI is InChI=1S/C60H118/c1-3-5-7-9-11-13-15-17-19-21-23-25-27-29-31-33-35-37-39-41-43-45-47-49-51-53-55-57-59-60-58-56-54-52-50-48-46-44-42-40-38-36-34-32-30-28-26-24-22-20-18-16-14-12-10-8-6-4-2/h35,37-38,40H,3-34,36,39,41-60H2,1-2H3.